The predicted molar refractivity (Wildman–Crippen MR) is 99.4 cm³/mol. The van der Waals surface area contributed by atoms with Crippen molar-refractivity contribution in [2.45, 2.75) is 43.9 Å². The number of aromatic nitrogens is 3. The van der Waals surface area contributed by atoms with E-state index in [0.29, 0.717) is 24.5 Å². The summed E-state index contributed by atoms with van der Waals surface area (Å²) in [6, 6.07) is 9.61. The molecule has 0 radical (unpaired) electrons. The number of nitrogens with zero attached hydrogens (tertiary/aromatic N) is 2. The molecule has 6 nitrogen and oxygen atoms in total. The van der Waals surface area contributed by atoms with Gasteiger partial charge in [-0.2, -0.15) is 0 Å². The Balaban J connectivity index is 2.03. The molecule has 7 heteroatoms. The zero-order chi connectivity index (χ0) is 18.3. The first-order valence-electron chi connectivity index (χ1n) is 8.14. The predicted octanol–water partition coefficient (Wildman–Crippen LogP) is 2.02. The lowest BCUT2D eigenvalue weighted by atomic mass is 9.94. The molecule has 25 heavy (non-hydrogen) atoms. The van der Waals surface area contributed by atoms with Crippen LogP contribution in [-0.2, 0) is 11.3 Å². The van der Waals surface area contributed by atoms with Crippen molar-refractivity contribution >= 4 is 17.7 Å². The van der Waals surface area contributed by atoms with Gasteiger partial charge in [-0.15, -0.1) is 11.5 Å². The van der Waals surface area contributed by atoms with E-state index in [0.717, 1.165) is 5.56 Å². The highest BCUT2D eigenvalue weighted by Gasteiger charge is 2.25. The first kappa shape index (κ1) is 18.9. The van der Waals surface area contributed by atoms with Crippen LogP contribution in [-0.4, -0.2) is 32.0 Å². The van der Waals surface area contributed by atoms with E-state index in [1.54, 1.807) is 0 Å². The van der Waals surface area contributed by atoms with Gasteiger partial charge in [0.15, 0.2) is 5.16 Å². The molecule has 0 fully saturated rings. The summed E-state index contributed by atoms with van der Waals surface area (Å²) in [5.41, 5.74) is 0.0693. The van der Waals surface area contributed by atoms with Gasteiger partial charge in [0.2, 0.25) is 5.91 Å². The molecule has 0 aliphatic carbocycles. The lowest BCUT2D eigenvalue weighted by Crippen LogP contribution is -2.47. The summed E-state index contributed by atoms with van der Waals surface area (Å²) in [6.07, 6.45) is 6.89. The van der Waals surface area contributed by atoms with Gasteiger partial charge < -0.3 is 5.32 Å². The molecule has 1 aromatic carbocycles. The largest absolute Gasteiger partial charge is 0.344 e. The lowest BCUT2D eigenvalue weighted by molar-refractivity contribution is -0.119. The van der Waals surface area contributed by atoms with Crippen LogP contribution in [0.3, 0.4) is 0 Å². The molecule has 2 rings (SSSR count). The second kappa shape index (κ2) is 8.58. The van der Waals surface area contributed by atoms with Crippen LogP contribution in [0.1, 0.15) is 32.3 Å². The molecule has 0 spiro atoms. The zero-order valence-electron chi connectivity index (χ0n) is 14.4. The van der Waals surface area contributed by atoms with Crippen molar-refractivity contribution in [2.24, 2.45) is 0 Å². The number of H-pyrrole nitrogens is 1. The Morgan fingerprint density at radius 2 is 2.04 bits per heavy atom. The number of rotatable bonds is 8. The SMILES string of the molecule is C#CC(CC)(CC)NC(=O)CSc1n[nH]c(=O)n1Cc1ccccc1. The summed E-state index contributed by atoms with van der Waals surface area (Å²) < 4.78 is 1.52. The van der Waals surface area contributed by atoms with Crippen LogP contribution >= 0.6 is 11.8 Å². The van der Waals surface area contributed by atoms with Crippen LogP contribution < -0.4 is 11.0 Å². The van der Waals surface area contributed by atoms with Gasteiger partial charge in [0, 0.05) is 0 Å². The molecule has 0 aliphatic rings. The molecule has 0 bridgehead atoms. The quantitative estimate of drug-likeness (QED) is 0.559. The maximum atomic E-state index is 12.2. The maximum Gasteiger partial charge on any atom is 0.344 e. The van der Waals surface area contributed by atoms with Crippen molar-refractivity contribution in [2.75, 3.05) is 5.75 Å². The smallest absolute Gasteiger partial charge is 0.339 e. The minimum Gasteiger partial charge on any atom is -0.339 e. The van der Waals surface area contributed by atoms with E-state index in [9.17, 15) is 9.59 Å². The molecular formula is C18H22N4O2S. The Labute approximate surface area is 151 Å². The summed E-state index contributed by atoms with van der Waals surface area (Å²) in [5, 5.41) is 9.82. The third-order valence-corrected chi connectivity index (χ3v) is 5.08. The van der Waals surface area contributed by atoms with Crippen molar-refractivity contribution in [3.05, 3.63) is 46.4 Å². The van der Waals surface area contributed by atoms with Crippen LogP contribution in [0.5, 0.6) is 0 Å². The number of benzene rings is 1. The molecule has 0 saturated heterocycles. The van der Waals surface area contributed by atoms with Gasteiger partial charge in [0.05, 0.1) is 12.3 Å². The van der Waals surface area contributed by atoms with E-state index in [1.807, 2.05) is 44.2 Å². The van der Waals surface area contributed by atoms with Crippen LogP contribution in [0.4, 0.5) is 0 Å². The van der Waals surface area contributed by atoms with E-state index >= 15 is 0 Å². The summed E-state index contributed by atoms with van der Waals surface area (Å²) in [7, 11) is 0. The highest BCUT2D eigenvalue weighted by atomic mass is 32.2. The maximum absolute atomic E-state index is 12.2. The van der Waals surface area contributed by atoms with Gasteiger partial charge in [0.1, 0.15) is 5.54 Å². The molecule has 1 heterocycles. The van der Waals surface area contributed by atoms with E-state index in [4.69, 9.17) is 6.42 Å². The van der Waals surface area contributed by atoms with Gasteiger partial charge >= 0.3 is 5.69 Å². The first-order valence-corrected chi connectivity index (χ1v) is 9.13. The Kier molecular flexibility index (Phi) is 6.48. The lowest BCUT2D eigenvalue weighted by Gasteiger charge is -2.26. The fourth-order valence-electron chi connectivity index (χ4n) is 2.42. The molecule has 1 amide bonds. The second-order valence-corrected chi connectivity index (χ2v) is 6.60. The van der Waals surface area contributed by atoms with Gasteiger partial charge in [0.25, 0.3) is 0 Å². The normalized spacial score (nSPS) is 11.1. The summed E-state index contributed by atoms with van der Waals surface area (Å²) in [5.74, 6) is 2.64. The number of nitrogens with one attached hydrogen (secondary N) is 2. The van der Waals surface area contributed by atoms with Crippen molar-refractivity contribution in [1.82, 2.24) is 20.1 Å². The zero-order valence-corrected chi connectivity index (χ0v) is 15.2. The standard InChI is InChI=1S/C18H22N4O2S/c1-4-18(5-2,6-3)19-15(23)13-25-17-21-20-16(24)22(17)12-14-10-8-7-9-11-14/h1,7-11H,5-6,12-13H2,2-3H3,(H,19,23)(H,20,24). The third kappa shape index (κ3) is 4.77. The highest BCUT2D eigenvalue weighted by molar-refractivity contribution is 7.99. The number of thioether (sulfide) groups is 1. The molecule has 0 unspecified atom stereocenters. The number of aromatic amines is 1. The average molecular weight is 358 g/mol. The number of amides is 1. The van der Waals surface area contributed by atoms with Gasteiger partial charge in [-0.1, -0.05) is 61.9 Å². The van der Waals surface area contributed by atoms with E-state index < -0.39 is 5.54 Å². The molecule has 2 aromatic rings. The fraction of sp³-hybridized carbons (Fsp3) is 0.389. The van der Waals surface area contributed by atoms with Gasteiger partial charge in [-0.3, -0.25) is 9.36 Å². The van der Waals surface area contributed by atoms with Crippen LogP contribution in [0.2, 0.25) is 0 Å². The molecular weight excluding hydrogens is 336 g/mol. The Hall–Kier alpha value is -2.46. The van der Waals surface area contributed by atoms with Crippen molar-refractivity contribution < 1.29 is 4.79 Å². The van der Waals surface area contributed by atoms with Crippen molar-refractivity contribution in [3.63, 3.8) is 0 Å². The second-order valence-electron chi connectivity index (χ2n) is 5.65. The topological polar surface area (TPSA) is 79.8 Å². The van der Waals surface area contributed by atoms with E-state index in [1.165, 1.54) is 16.3 Å². The monoisotopic (exact) mass is 358 g/mol. The number of hydrogen-bond acceptors (Lipinski definition) is 4. The number of hydrogen-bond donors (Lipinski definition) is 2. The van der Waals surface area contributed by atoms with Crippen molar-refractivity contribution in [3.8, 4) is 12.3 Å². The van der Waals surface area contributed by atoms with E-state index in [-0.39, 0.29) is 17.3 Å². The fourth-order valence-corrected chi connectivity index (χ4v) is 3.16. The van der Waals surface area contributed by atoms with Crippen LogP contribution in [0.25, 0.3) is 0 Å². The van der Waals surface area contributed by atoms with Crippen LogP contribution in [0, 0.1) is 12.3 Å². The highest BCUT2D eigenvalue weighted by Crippen LogP contribution is 2.17. The Morgan fingerprint density at radius 3 is 2.64 bits per heavy atom. The molecule has 2 N–H and O–H groups in total. The van der Waals surface area contributed by atoms with Crippen LogP contribution in [0.15, 0.2) is 40.3 Å². The summed E-state index contributed by atoms with van der Waals surface area (Å²) in [6.45, 7) is 4.29. The number of carbonyl (C=O) groups is 1. The number of terminal acetylenes is 1. The van der Waals surface area contributed by atoms with Gasteiger partial charge in [-0.25, -0.2) is 9.89 Å². The van der Waals surface area contributed by atoms with Crippen molar-refractivity contribution in [1.29, 1.82) is 0 Å². The molecule has 0 atom stereocenters. The summed E-state index contributed by atoms with van der Waals surface area (Å²) >= 11 is 1.21. The summed E-state index contributed by atoms with van der Waals surface area (Å²) in [4.78, 5) is 24.2. The minimum atomic E-state index is -0.618. The Bertz CT molecular complexity index is 800. The van der Waals surface area contributed by atoms with E-state index in [2.05, 4.69) is 21.4 Å². The molecule has 0 aliphatic heterocycles. The van der Waals surface area contributed by atoms with Gasteiger partial charge in [-0.05, 0) is 18.4 Å². The minimum absolute atomic E-state index is 0.141. The molecule has 132 valence electrons. The Morgan fingerprint density at radius 1 is 1.36 bits per heavy atom. The average Bonchev–Trinajstić information content (AvgIpc) is 2.99. The third-order valence-electron chi connectivity index (χ3n) is 4.10. The molecule has 1 aromatic heterocycles. The number of carbonyl (C=O) groups excluding carboxylic acids is 1. The molecule has 0 saturated carbocycles. The first-order chi connectivity index (χ1) is 12.0.